The van der Waals surface area contributed by atoms with Gasteiger partial charge in [-0.25, -0.2) is 4.39 Å². The van der Waals surface area contributed by atoms with E-state index < -0.39 is 11.6 Å². The Kier molecular flexibility index (Phi) is 1.77. The van der Waals surface area contributed by atoms with E-state index in [0.29, 0.717) is 5.39 Å². The van der Waals surface area contributed by atoms with Crippen LogP contribution in [0.5, 0.6) is 0 Å². The number of halogens is 2. The van der Waals surface area contributed by atoms with Gasteiger partial charge in [-0.05, 0) is 18.2 Å². The zero-order valence-electron chi connectivity index (χ0n) is 6.55. The molecule has 0 bridgehead atoms. The van der Waals surface area contributed by atoms with Crippen molar-refractivity contribution in [3.05, 3.63) is 35.6 Å². The highest BCUT2D eigenvalue weighted by Gasteiger charge is 2.11. The molecule has 0 aliphatic heterocycles. The van der Waals surface area contributed by atoms with Crippen LogP contribution in [0, 0.1) is 11.6 Å². The Hall–Kier alpha value is -1.42. The molecule has 1 heterocycles. The van der Waals surface area contributed by atoms with Crippen molar-refractivity contribution in [3.8, 4) is 0 Å². The molecule has 13 heavy (non-hydrogen) atoms. The molecule has 0 aliphatic carbocycles. The van der Waals surface area contributed by atoms with E-state index in [1.807, 2.05) is 0 Å². The van der Waals surface area contributed by atoms with Gasteiger partial charge in [0.15, 0.2) is 11.4 Å². The molecule has 0 amide bonds. The fourth-order valence-electron chi connectivity index (χ4n) is 1.18. The topological polar surface area (TPSA) is 33.4 Å². The molecule has 4 heteroatoms. The summed E-state index contributed by atoms with van der Waals surface area (Å²) >= 11 is 0. The van der Waals surface area contributed by atoms with Gasteiger partial charge < -0.3 is 9.52 Å². The van der Waals surface area contributed by atoms with Crippen LogP contribution in [0.2, 0.25) is 0 Å². The third kappa shape index (κ3) is 1.19. The van der Waals surface area contributed by atoms with E-state index in [2.05, 4.69) is 0 Å². The lowest BCUT2D eigenvalue weighted by Crippen LogP contribution is -1.81. The zero-order chi connectivity index (χ0) is 9.42. The van der Waals surface area contributed by atoms with Crippen molar-refractivity contribution >= 4 is 11.0 Å². The van der Waals surface area contributed by atoms with Gasteiger partial charge in [-0.1, -0.05) is 0 Å². The first kappa shape index (κ1) is 8.19. The predicted octanol–water partition coefficient (Wildman–Crippen LogP) is 2.20. The number of benzene rings is 1. The van der Waals surface area contributed by atoms with Gasteiger partial charge in [0.2, 0.25) is 5.82 Å². The van der Waals surface area contributed by atoms with Crippen LogP contribution in [0.15, 0.2) is 22.6 Å². The lowest BCUT2D eigenvalue weighted by atomic mass is 10.2. The molecule has 0 atom stereocenters. The summed E-state index contributed by atoms with van der Waals surface area (Å²) in [5, 5.41) is 9.14. The molecule has 0 aliphatic rings. The summed E-state index contributed by atoms with van der Waals surface area (Å²) in [6.07, 6.45) is 0. The molecular formula is C9H6F2O2. The van der Waals surface area contributed by atoms with Gasteiger partial charge >= 0.3 is 0 Å². The van der Waals surface area contributed by atoms with Gasteiger partial charge in [0, 0.05) is 5.39 Å². The van der Waals surface area contributed by atoms with E-state index >= 15 is 0 Å². The van der Waals surface area contributed by atoms with Crippen LogP contribution < -0.4 is 0 Å². The molecular weight excluding hydrogens is 178 g/mol. The number of rotatable bonds is 1. The minimum Gasteiger partial charge on any atom is -0.455 e. The van der Waals surface area contributed by atoms with Crippen molar-refractivity contribution in [1.29, 1.82) is 0 Å². The number of hydrogen-bond acceptors (Lipinski definition) is 2. The molecule has 2 aromatic rings. The van der Waals surface area contributed by atoms with Crippen molar-refractivity contribution < 1.29 is 18.3 Å². The second kappa shape index (κ2) is 2.81. The number of furan rings is 1. The summed E-state index contributed by atoms with van der Waals surface area (Å²) in [6.45, 7) is -0.324. The largest absolute Gasteiger partial charge is 0.455 e. The first-order chi connectivity index (χ1) is 6.22. The minimum absolute atomic E-state index is 0.149. The predicted molar refractivity (Wildman–Crippen MR) is 42.1 cm³/mol. The van der Waals surface area contributed by atoms with E-state index in [1.165, 1.54) is 12.1 Å². The highest BCUT2D eigenvalue weighted by Crippen LogP contribution is 2.23. The standard InChI is InChI=1S/C9H6F2O2/c10-7-2-1-5-3-6(4-12)13-9(5)8(7)11/h1-3,12H,4H2. The molecule has 0 saturated heterocycles. The summed E-state index contributed by atoms with van der Waals surface area (Å²) in [5.74, 6) is -1.75. The Morgan fingerprint density at radius 3 is 2.77 bits per heavy atom. The molecule has 2 nitrogen and oxygen atoms in total. The number of fused-ring (bicyclic) bond motifs is 1. The number of hydrogen-bond donors (Lipinski definition) is 1. The van der Waals surface area contributed by atoms with Gasteiger partial charge in [-0.3, -0.25) is 0 Å². The lowest BCUT2D eigenvalue weighted by Gasteiger charge is -1.91. The van der Waals surface area contributed by atoms with Crippen LogP contribution in [0.3, 0.4) is 0 Å². The molecule has 1 aromatic heterocycles. The molecule has 0 fully saturated rings. The Morgan fingerprint density at radius 1 is 1.31 bits per heavy atom. The zero-order valence-corrected chi connectivity index (χ0v) is 6.55. The van der Waals surface area contributed by atoms with Gasteiger partial charge in [0.05, 0.1) is 0 Å². The normalized spacial score (nSPS) is 11.0. The van der Waals surface area contributed by atoms with Gasteiger partial charge in [-0.15, -0.1) is 0 Å². The second-order valence-electron chi connectivity index (χ2n) is 2.65. The average Bonchev–Trinajstić information content (AvgIpc) is 2.55. The van der Waals surface area contributed by atoms with Crippen molar-refractivity contribution in [3.63, 3.8) is 0 Å². The van der Waals surface area contributed by atoms with Crippen molar-refractivity contribution in [2.45, 2.75) is 6.61 Å². The smallest absolute Gasteiger partial charge is 0.201 e. The average molecular weight is 184 g/mol. The first-order valence-electron chi connectivity index (χ1n) is 3.69. The third-order valence-electron chi connectivity index (χ3n) is 1.79. The fraction of sp³-hybridized carbons (Fsp3) is 0.111. The molecule has 1 N–H and O–H groups in total. The Bertz CT molecular complexity index is 448. The molecule has 0 radical (unpaired) electrons. The third-order valence-corrected chi connectivity index (χ3v) is 1.79. The van der Waals surface area contributed by atoms with Crippen LogP contribution in [0.25, 0.3) is 11.0 Å². The maximum atomic E-state index is 13.0. The lowest BCUT2D eigenvalue weighted by molar-refractivity contribution is 0.250. The monoisotopic (exact) mass is 184 g/mol. The Labute approximate surface area is 72.4 Å². The molecule has 0 saturated carbocycles. The van der Waals surface area contributed by atoms with Gasteiger partial charge in [0.25, 0.3) is 0 Å². The van der Waals surface area contributed by atoms with Crippen LogP contribution in [0.4, 0.5) is 8.78 Å². The van der Waals surface area contributed by atoms with E-state index in [0.717, 1.165) is 6.07 Å². The molecule has 0 unspecified atom stereocenters. The summed E-state index contributed by atoms with van der Waals surface area (Å²) in [7, 11) is 0. The second-order valence-corrected chi connectivity index (χ2v) is 2.65. The van der Waals surface area contributed by atoms with E-state index in [1.54, 1.807) is 0 Å². The SMILES string of the molecule is OCc1cc2ccc(F)c(F)c2o1. The molecule has 1 aromatic carbocycles. The van der Waals surface area contributed by atoms with Crippen LogP contribution >= 0.6 is 0 Å². The summed E-state index contributed by atoms with van der Waals surface area (Å²) < 4.78 is 30.5. The molecule has 0 spiro atoms. The van der Waals surface area contributed by atoms with Crippen LogP contribution in [-0.2, 0) is 6.61 Å². The molecule has 68 valence electrons. The fourth-order valence-corrected chi connectivity index (χ4v) is 1.18. The molecule has 2 rings (SSSR count). The van der Waals surface area contributed by atoms with E-state index in [9.17, 15) is 8.78 Å². The van der Waals surface area contributed by atoms with E-state index in [-0.39, 0.29) is 18.0 Å². The summed E-state index contributed by atoms with van der Waals surface area (Å²) in [6, 6.07) is 3.89. The van der Waals surface area contributed by atoms with Crippen LogP contribution in [0.1, 0.15) is 5.76 Å². The van der Waals surface area contributed by atoms with Crippen molar-refractivity contribution in [2.24, 2.45) is 0 Å². The summed E-state index contributed by atoms with van der Waals surface area (Å²) in [5.41, 5.74) is -0.149. The maximum Gasteiger partial charge on any atom is 0.201 e. The first-order valence-corrected chi connectivity index (χ1v) is 3.69. The van der Waals surface area contributed by atoms with Crippen molar-refractivity contribution in [1.82, 2.24) is 0 Å². The van der Waals surface area contributed by atoms with Crippen molar-refractivity contribution in [2.75, 3.05) is 0 Å². The quantitative estimate of drug-likeness (QED) is 0.737. The van der Waals surface area contributed by atoms with Gasteiger partial charge in [0.1, 0.15) is 12.4 Å². The Morgan fingerprint density at radius 2 is 2.08 bits per heavy atom. The van der Waals surface area contributed by atoms with E-state index in [4.69, 9.17) is 9.52 Å². The number of aliphatic hydroxyl groups excluding tert-OH is 1. The Balaban J connectivity index is 2.76. The maximum absolute atomic E-state index is 13.0. The highest BCUT2D eigenvalue weighted by atomic mass is 19.2. The van der Waals surface area contributed by atoms with Gasteiger partial charge in [-0.2, -0.15) is 4.39 Å². The van der Waals surface area contributed by atoms with Crippen LogP contribution in [-0.4, -0.2) is 5.11 Å². The highest BCUT2D eigenvalue weighted by molar-refractivity contribution is 5.78. The summed E-state index contributed by atoms with van der Waals surface area (Å²) in [4.78, 5) is 0. The minimum atomic E-state index is -1.02. The number of aliphatic hydroxyl groups is 1.